The van der Waals surface area contributed by atoms with Crippen molar-refractivity contribution in [3.8, 4) is 0 Å². The molecular formula is C15H29N3O. The second-order valence-corrected chi connectivity index (χ2v) is 6.61. The summed E-state index contributed by atoms with van der Waals surface area (Å²) in [5, 5.41) is 0. The second kappa shape index (κ2) is 5.80. The first-order valence-electron chi connectivity index (χ1n) is 7.71. The van der Waals surface area contributed by atoms with E-state index in [0.29, 0.717) is 24.5 Å². The van der Waals surface area contributed by atoms with Crippen LogP contribution in [0, 0.1) is 5.41 Å². The molecule has 1 saturated carbocycles. The summed E-state index contributed by atoms with van der Waals surface area (Å²) in [7, 11) is 1.98. The minimum Gasteiger partial charge on any atom is -0.342 e. The monoisotopic (exact) mass is 267 g/mol. The number of amides is 1. The van der Waals surface area contributed by atoms with Crippen LogP contribution < -0.4 is 5.73 Å². The third kappa shape index (κ3) is 2.79. The Morgan fingerprint density at radius 3 is 2.32 bits per heavy atom. The molecule has 2 fully saturated rings. The van der Waals surface area contributed by atoms with Gasteiger partial charge >= 0.3 is 0 Å². The third-order valence-corrected chi connectivity index (χ3v) is 5.25. The fourth-order valence-corrected chi connectivity index (χ4v) is 3.44. The highest BCUT2D eigenvalue weighted by Crippen LogP contribution is 2.42. The van der Waals surface area contributed by atoms with Gasteiger partial charge in [0, 0.05) is 38.8 Å². The quantitative estimate of drug-likeness (QED) is 0.838. The molecule has 2 aliphatic rings. The molecule has 1 aliphatic heterocycles. The van der Waals surface area contributed by atoms with Crippen LogP contribution in [0.4, 0.5) is 0 Å². The van der Waals surface area contributed by atoms with Gasteiger partial charge in [-0.2, -0.15) is 0 Å². The van der Waals surface area contributed by atoms with Crippen molar-refractivity contribution < 1.29 is 4.79 Å². The average Bonchev–Trinajstić information content (AvgIpc) is 2.37. The van der Waals surface area contributed by atoms with E-state index in [2.05, 4.69) is 18.7 Å². The normalized spacial score (nSPS) is 24.3. The summed E-state index contributed by atoms with van der Waals surface area (Å²) < 4.78 is 0. The second-order valence-electron chi connectivity index (χ2n) is 6.61. The number of rotatable bonds is 4. The van der Waals surface area contributed by atoms with Crippen LogP contribution in [0.1, 0.15) is 46.0 Å². The fourth-order valence-electron chi connectivity index (χ4n) is 3.44. The average molecular weight is 267 g/mol. The molecule has 0 bridgehead atoms. The summed E-state index contributed by atoms with van der Waals surface area (Å²) in [4.78, 5) is 17.1. The van der Waals surface area contributed by atoms with E-state index in [0.717, 1.165) is 45.2 Å². The molecule has 0 aromatic carbocycles. The van der Waals surface area contributed by atoms with Crippen molar-refractivity contribution in [3.63, 3.8) is 0 Å². The smallest absolute Gasteiger partial charge is 0.230 e. The highest BCUT2D eigenvalue weighted by atomic mass is 16.2. The van der Waals surface area contributed by atoms with Crippen molar-refractivity contribution in [1.82, 2.24) is 9.80 Å². The lowest BCUT2D eigenvalue weighted by Gasteiger charge is -2.45. The number of carbonyl (C=O) groups excluding carboxylic acids is 1. The fraction of sp³-hybridized carbons (Fsp3) is 0.933. The predicted molar refractivity (Wildman–Crippen MR) is 77.8 cm³/mol. The van der Waals surface area contributed by atoms with Crippen molar-refractivity contribution in [2.45, 2.75) is 58.0 Å². The van der Waals surface area contributed by atoms with Gasteiger partial charge in [-0.1, -0.05) is 6.42 Å². The van der Waals surface area contributed by atoms with Crippen LogP contribution >= 0.6 is 0 Å². The minimum atomic E-state index is -0.218. The number of carbonyl (C=O) groups is 1. The van der Waals surface area contributed by atoms with Crippen LogP contribution in [-0.2, 0) is 4.79 Å². The van der Waals surface area contributed by atoms with Crippen LogP contribution in [0.15, 0.2) is 0 Å². The van der Waals surface area contributed by atoms with E-state index in [1.165, 1.54) is 0 Å². The lowest BCUT2D eigenvalue weighted by atomic mass is 9.67. The maximum absolute atomic E-state index is 12.6. The Morgan fingerprint density at radius 2 is 1.95 bits per heavy atom. The molecule has 2 N–H and O–H groups in total. The third-order valence-electron chi connectivity index (χ3n) is 5.25. The number of hydrogen-bond acceptors (Lipinski definition) is 3. The van der Waals surface area contributed by atoms with Gasteiger partial charge in [-0.25, -0.2) is 0 Å². The maximum atomic E-state index is 12.6. The van der Waals surface area contributed by atoms with Gasteiger partial charge in [-0.05, 0) is 39.5 Å². The number of piperidine rings is 1. The standard InChI is InChI=1S/C15H29N3O/c1-12(2)18-9-5-13(6-10-18)17(3)14(19)15(11-16)7-4-8-15/h12-13H,4-11,16H2,1-3H3. The van der Waals surface area contributed by atoms with E-state index >= 15 is 0 Å². The number of nitrogens with zero attached hydrogens (tertiary/aromatic N) is 2. The Hall–Kier alpha value is -0.610. The van der Waals surface area contributed by atoms with Crippen LogP contribution in [0.3, 0.4) is 0 Å². The molecule has 0 radical (unpaired) electrons. The molecule has 110 valence electrons. The highest BCUT2D eigenvalue weighted by Gasteiger charge is 2.45. The molecule has 1 heterocycles. The zero-order valence-electron chi connectivity index (χ0n) is 12.7. The Balaban J connectivity index is 1.90. The first kappa shape index (κ1) is 14.8. The lowest BCUT2D eigenvalue weighted by Crippen LogP contribution is -2.55. The van der Waals surface area contributed by atoms with Gasteiger partial charge in [0.2, 0.25) is 5.91 Å². The Morgan fingerprint density at radius 1 is 1.37 bits per heavy atom. The van der Waals surface area contributed by atoms with Crippen molar-refractivity contribution in [2.75, 3.05) is 26.7 Å². The number of likely N-dealkylation sites (tertiary alicyclic amines) is 1. The Labute approximate surface area is 117 Å². The molecule has 1 aliphatic carbocycles. The Bertz CT molecular complexity index is 312. The largest absolute Gasteiger partial charge is 0.342 e. The van der Waals surface area contributed by atoms with Gasteiger partial charge in [0.05, 0.1) is 5.41 Å². The van der Waals surface area contributed by atoms with E-state index in [9.17, 15) is 4.79 Å². The topological polar surface area (TPSA) is 49.6 Å². The van der Waals surface area contributed by atoms with Crippen molar-refractivity contribution in [1.29, 1.82) is 0 Å². The molecule has 4 nitrogen and oxygen atoms in total. The molecule has 0 aromatic rings. The summed E-state index contributed by atoms with van der Waals surface area (Å²) >= 11 is 0. The van der Waals surface area contributed by atoms with E-state index < -0.39 is 0 Å². The summed E-state index contributed by atoms with van der Waals surface area (Å²) in [5.74, 6) is 0.296. The maximum Gasteiger partial charge on any atom is 0.230 e. The lowest BCUT2D eigenvalue weighted by molar-refractivity contribution is -0.148. The van der Waals surface area contributed by atoms with Gasteiger partial charge in [0.25, 0.3) is 0 Å². The molecule has 1 amide bonds. The van der Waals surface area contributed by atoms with Crippen molar-refractivity contribution >= 4 is 5.91 Å². The van der Waals surface area contributed by atoms with Crippen LogP contribution in [0.5, 0.6) is 0 Å². The van der Waals surface area contributed by atoms with E-state index in [1.807, 2.05) is 11.9 Å². The molecule has 2 rings (SSSR count). The van der Waals surface area contributed by atoms with Gasteiger partial charge in [-0.15, -0.1) is 0 Å². The summed E-state index contributed by atoms with van der Waals surface area (Å²) in [6.07, 6.45) is 5.32. The zero-order chi connectivity index (χ0) is 14.0. The SMILES string of the molecule is CC(C)N1CCC(N(C)C(=O)C2(CN)CCC2)CC1. The summed E-state index contributed by atoms with van der Waals surface area (Å²) in [6, 6.07) is 1.02. The van der Waals surface area contributed by atoms with Gasteiger partial charge in [0.1, 0.15) is 0 Å². The van der Waals surface area contributed by atoms with Gasteiger partial charge in [0.15, 0.2) is 0 Å². The molecule has 19 heavy (non-hydrogen) atoms. The van der Waals surface area contributed by atoms with E-state index in [1.54, 1.807) is 0 Å². The van der Waals surface area contributed by atoms with Crippen molar-refractivity contribution in [3.05, 3.63) is 0 Å². The summed E-state index contributed by atoms with van der Waals surface area (Å²) in [6.45, 7) is 7.21. The van der Waals surface area contributed by atoms with Gasteiger partial charge in [-0.3, -0.25) is 4.79 Å². The molecule has 0 unspecified atom stereocenters. The number of hydrogen-bond donors (Lipinski definition) is 1. The molecule has 0 atom stereocenters. The summed E-state index contributed by atoms with van der Waals surface area (Å²) in [5.41, 5.74) is 5.62. The highest BCUT2D eigenvalue weighted by molar-refractivity contribution is 5.84. The predicted octanol–water partition coefficient (Wildman–Crippen LogP) is 1.45. The van der Waals surface area contributed by atoms with Crippen LogP contribution in [-0.4, -0.2) is 54.5 Å². The zero-order valence-corrected chi connectivity index (χ0v) is 12.7. The van der Waals surface area contributed by atoms with Crippen LogP contribution in [0.25, 0.3) is 0 Å². The van der Waals surface area contributed by atoms with Crippen LogP contribution in [0.2, 0.25) is 0 Å². The van der Waals surface area contributed by atoms with Gasteiger partial charge < -0.3 is 15.5 Å². The molecule has 0 spiro atoms. The number of nitrogens with two attached hydrogens (primary N) is 1. The van der Waals surface area contributed by atoms with Crippen molar-refractivity contribution in [2.24, 2.45) is 11.1 Å². The van der Waals surface area contributed by atoms with E-state index in [-0.39, 0.29) is 5.41 Å². The minimum absolute atomic E-state index is 0.218. The molecular weight excluding hydrogens is 238 g/mol. The molecule has 1 saturated heterocycles. The Kier molecular flexibility index (Phi) is 4.51. The van der Waals surface area contributed by atoms with E-state index in [4.69, 9.17) is 5.73 Å². The molecule has 4 heteroatoms. The molecule has 0 aromatic heterocycles. The first-order chi connectivity index (χ1) is 9.00. The first-order valence-corrected chi connectivity index (χ1v) is 7.71.